The molecule has 0 heterocycles. The summed E-state index contributed by atoms with van der Waals surface area (Å²) in [4.78, 5) is 30.1. The summed E-state index contributed by atoms with van der Waals surface area (Å²) < 4.78 is 11.4. The lowest BCUT2D eigenvalue weighted by molar-refractivity contribution is -0.159. The average molecular weight is 442 g/mol. The number of ketones is 1. The molecule has 0 fully saturated rings. The zero-order valence-electron chi connectivity index (χ0n) is 18.9. The standard InChI is InChI=1S/C20H33NO4.C2H2O4/c1-6-10-24-13-16-11-15(18(23)7-2)8-9-19(16)25-14-17(22)12-21-20(3,4)5;3-1(4)2(5)6/h8-9,11,17,21-22H,6-7,10,12-14H2,1-5H3;(H,3,4)(H,5,6). The summed E-state index contributed by atoms with van der Waals surface area (Å²) in [6.07, 6.45) is 0.786. The van der Waals surface area contributed by atoms with Gasteiger partial charge in [0.25, 0.3) is 0 Å². The minimum atomic E-state index is -1.82. The molecular formula is C22H35NO8. The number of aliphatic hydroxyl groups is 1. The van der Waals surface area contributed by atoms with E-state index < -0.39 is 18.0 Å². The van der Waals surface area contributed by atoms with E-state index in [9.17, 15) is 9.90 Å². The van der Waals surface area contributed by atoms with Gasteiger partial charge in [0.05, 0.1) is 6.61 Å². The molecule has 1 aromatic carbocycles. The van der Waals surface area contributed by atoms with Crippen molar-refractivity contribution in [2.75, 3.05) is 19.8 Å². The van der Waals surface area contributed by atoms with Crippen molar-refractivity contribution in [1.29, 1.82) is 0 Å². The highest BCUT2D eigenvalue weighted by Crippen LogP contribution is 2.22. The third-order valence-corrected chi connectivity index (χ3v) is 3.79. The number of carbonyl (C=O) groups is 3. The normalized spacial score (nSPS) is 11.8. The first kappa shape index (κ1) is 28.5. The van der Waals surface area contributed by atoms with Gasteiger partial charge in [0.15, 0.2) is 5.78 Å². The Bertz CT molecular complexity index is 700. The highest BCUT2D eigenvalue weighted by atomic mass is 16.5. The largest absolute Gasteiger partial charge is 0.490 e. The number of hydrogen-bond acceptors (Lipinski definition) is 7. The van der Waals surface area contributed by atoms with Crippen molar-refractivity contribution in [3.63, 3.8) is 0 Å². The van der Waals surface area contributed by atoms with E-state index in [2.05, 4.69) is 5.32 Å². The molecule has 0 radical (unpaired) electrons. The van der Waals surface area contributed by atoms with Gasteiger partial charge in [0.2, 0.25) is 0 Å². The minimum Gasteiger partial charge on any atom is -0.490 e. The van der Waals surface area contributed by atoms with Crippen LogP contribution in [0.25, 0.3) is 0 Å². The van der Waals surface area contributed by atoms with Crippen molar-refractivity contribution in [3.05, 3.63) is 29.3 Å². The van der Waals surface area contributed by atoms with Crippen molar-refractivity contribution >= 4 is 17.7 Å². The van der Waals surface area contributed by atoms with Gasteiger partial charge in [-0.2, -0.15) is 0 Å². The third kappa shape index (κ3) is 13.4. The number of nitrogens with one attached hydrogen (secondary N) is 1. The number of aliphatic carboxylic acids is 2. The first-order chi connectivity index (χ1) is 14.4. The Morgan fingerprint density at radius 2 is 1.71 bits per heavy atom. The number of ether oxygens (including phenoxy) is 2. The average Bonchev–Trinajstić information content (AvgIpc) is 2.70. The molecule has 0 amide bonds. The lowest BCUT2D eigenvalue weighted by Gasteiger charge is -2.23. The van der Waals surface area contributed by atoms with Crippen LogP contribution in [0, 0.1) is 0 Å². The number of Topliss-reactive ketones (excluding diaryl/α,β-unsaturated/α-hetero) is 1. The molecule has 9 heteroatoms. The second kappa shape index (κ2) is 14.5. The fourth-order valence-electron chi connectivity index (χ4n) is 2.21. The molecule has 0 saturated carbocycles. The first-order valence-corrected chi connectivity index (χ1v) is 10.2. The second-order valence-corrected chi connectivity index (χ2v) is 7.86. The van der Waals surface area contributed by atoms with E-state index >= 15 is 0 Å². The molecule has 1 aromatic rings. The van der Waals surface area contributed by atoms with Crippen LogP contribution >= 0.6 is 0 Å². The van der Waals surface area contributed by atoms with Gasteiger partial charge in [-0.3, -0.25) is 4.79 Å². The molecule has 1 unspecified atom stereocenters. The molecule has 0 aliphatic rings. The summed E-state index contributed by atoms with van der Waals surface area (Å²) in [5.74, 6) is -2.90. The summed E-state index contributed by atoms with van der Waals surface area (Å²) in [5, 5.41) is 28.1. The van der Waals surface area contributed by atoms with Crippen LogP contribution in [0.5, 0.6) is 5.75 Å². The molecule has 0 aliphatic heterocycles. The Morgan fingerprint density at radius 3 is 2.19 bits per heavy atom. The molecule has 9 nitrogen and oxygen atoms in total. The molecule has 0 bridgehead atoms. The van der Waals surface area contributed by atoms with Gasteiger partial charge in [0.1, 0.15) is 18.5 Å². The quantitative estimate of drug-likeness (QED) is 0.231. The van der Waals surface area contributed by atoms with Crippen LogP contribution in [-0.4, -0.2) is 64.4 Å². The van der Waals surface area contributed by atoms with E-state index in [4.69, 9.17) is 29.3 Å². The zero-order chi connectivity index (χ0) is 24.0. The van der Waals surface area contributed by atoms with E-state index in [1.165, 1.54) is 0 Å². The van der Waals surface area contributed by atoms with Gasteiger partial charge in [-0.05, 0) is 45.4 Å². The van der Waals surface area contributed by atoms with Crippen LogP contribution in [-0.2, 0) is 20.9 Å². The van der Waals surface area contributed by atoms with Crippen molar-refractivity contribution < 1.29 is 39.2 Å². The summed E-state index contributed by atoms with van der Waals surface area (Å²) >= 11 is 0. The van der Waals surface area contributed by atoms with Crippen LogP contribution < -0.4 is 10.1 Å². The Morgan fingerprint density at radius 1 is 1.10 bits per heavy atom. The third-order valence-electron chi connectivity index (χ3n) is 3.79. The van der Waals surface area contributed by atoms with Gasteiger partial charge in [-0.25, -0.2) is 9.59 Å². The maximum Gasteiger partial charge on any atom is 0.414 e. The molecule has 4 N–H and O–H groups in total. The number of hydrogen-bond donors (Lipinski definition) is 4. The second-order valence-electron chi connectivity index (χ2n) is 7.86. The molecule has 176 valence electrons. The molecule has 1 rings (SSSR count). The number of carboxylic acid groups (broad SMARTS) is 2. The van der Waals surface area contributed by atoms with Gasteiger partial charge >= 0.3 is 11.9 Å². The van der Waals surface area contributed by atoms with E-state index in [1.54, 1.807) is 12.1 Å². The molecule has 0 aliphatic carbocycles. The SMILES string of the molecule is CCCOCc1cc(C(=O)CC)ccc1OCC(O)CNC(C)(C)C.O=C(O)C(=O)O. The first-order valence-electron chi connectivity index (χ1n) is 10.2. The lowest BCUT2D eigenvalue weighted by Crippen LogP contribution is -2.42. The van der Waals surface area contributed by atoms with Crippen LogP contribution in [0.15, 0.2) is 18.2 Å². The fourth-order valence-corrected chi connectivity index (χ4v) is 2.21. The van der Waals surface area contributed by atoms with Crippen LogP contribution in [0.1, 0.15) is 63.4 Å². The Hall–Kier alpha value is -2.49. The number of aliphatic hydroxyl groups excluding tert-OH is 1. The minimum absolute atomic E-state index is 0.0533. The van der Waals surface area contributed by atoms with Gasteiger partial charge in [0, 0.05) is 36.2 Å². The molecular weight excluding hydrogens is 406 g/mol. The Labute approximate surface area is 183 Å². The van der Waals surface area contributed by atoms with Crippen LogP contribution in [0.3, 0.4) is 0 Å². The topological polar surface area (TPSA) is 142 Å². The molecule has 0 spiro atoms. The van der Waals surface area contributed by atoms with E-state index in [0.717, 1.165) is 12.0 Å². The number of carboxylic acids is 2. The van der Waals surface area contributed by atoms with Crippen molar-refractivity contribution in [2.45, 2.75) is 65.7 Å². The monoisotopic (exact) mass is 441 g/mol. The number of carbonyl (C=O) groups excluding carboxylic acids is 1. The maximum atomic E-state index is 11.9. The summed E-state index contributed by atoms with van der Waals surface area (Å²) in [5.41, 5.74) is 1.45. The van der Waals surface area contributed by atoms with Crippen LogP contribution in [0.2, 0.25) is 0 Å². The molecule has 31 heavy (non-hydrogen) atoms. The van der Waals surface area contributed by atoms with E-state index in [0.29, 0.717) is 37.5 Å². The zero-order valence-corrected chi connectivity index (χ0v) is 18.9. The van der Waals surface area contributed by atoms with Gasteiger partial charge < -0.3 is 30.1 Å². The maximum absolute atomic E-state index is 11.9. The van der Waals surface area contributed by atoms with Crippen molar-refractivity contribution in [3.8, 4) is 5.75 Å². The van der Waals surface area contributed by atoms with Gasteiger partial charge in [-0.1, -0.05) is 13.8 Å². The van der Waals surface area contributed by atoms with E-state index in [-0.39, 0.29) is 17.9 Å². The van der Waals surface area contributed by atoms with Crippen molar-refractivity contribution in [2.24, 2.45) is 0 Å². The molecule has 0 aromatic heterocycles. The lowest BCUT2D eigenvalue weighted by atomic mass is 10.1. The predicted octanol–water partition coefficient (Wildman–Crippen LogP) is 2.49. The number of β-amino-alcohol motifs (C(OH)–C–C–N with tert-alkyl or cyclic N) is 1. The molecule has 1 atom stereocenters. The summed E-state index contributed by atoms with van der Waals surface area (Å²) in [6, 6.07) is 5.39. The highest BCUT2D eigenvalue weighted by Gasteiger charge is 2.14. The van der Waals surface area contributed by atoms with Crippen LogP contribution in [0.4, 0.5) is 0 Å². The predicted molar refractivity (Wildman–Crippen MR) is 116 cm³/mol. The fraction of sp³-hybridized carbons (Fsp3) is 0.591. The Kier molecular flexibility index (Phi) is 13.3. The highest BCUT2D eigenvalue weighted by molar-refractivity contribution is 6.27. The molecule has 0 saturated heterocycles. The van der Waals surface area contributed by atoms with Crippen molar-refractivity contribution in [1.82, 2.24) is 5.32 Å². The summed E-state index contributed by atoms with van der Waals surface area (Å²) in [6.45, 7) is 11.7. The van der Waals surface area contributed by atoms with E-state index in [1.807, 2.05) is 40.7 Å². The Balaban J connectivity index is 0.00000131. The summed E-state index contributed by atoms with van der Waals surface area (Å²) in [7, 11) is 0. The smallest absolute Gasteiger partial charge is 0.414 e. The number of benzene rings is 1. The van der Waals surface area contributed by atoms with Gasteiger partial charge in [-0.15, -0.1) is 0 Å². The number of rotatable bonds is 11.